The fourth-order valence-electron chi connectivity index (χ4n) is 1.62. The number of ether oxygens (including phenoxy) is 4. The van der Waals surface area contributed by atoms with Gasteiger partial charge in [0, 0.05) is 13.7 Å². The number of nitrogens with two attached hydrogens (primary N) is 1. The molecule has 1 aromatic carbocycles. The van der Waals surface area contributed by atoms with Crippen LogP contribution in [0, 0.1) is 0 Å². The predicted octanol–water partition coefficient (Wildman–Crippen LogP) is 1.21. The number of aliphatic hydroxyl groups is 1. The fourth-order valence-corrected chi connectivity index (χ4v) is 1.91. The maximum Gasteiger partial charge on any atom is 0.179 e. The van der Waals surface area contributed by atoms with Crippen LogP contribution in [0.15, 0.2) is 12.1 Å². The summed E-state index contributed by atoms with van der Waals surface area (Å²) in [5.74, 6) is 0.864. The summed E-state index contributed by atoms with van der Waals surface area (Å²) >= 11 is 6.13. The van der Waals surface area contributed by atoms with Crippen LogP contribution < -0.4 is 15.2 Å². The lowest BCUT2D eigenvalue weighted by Gasteiger charge is -2.16. The molecule has 0 bridgehead atoms. The first-order chi connectivity index (χ1) is 10.1. The Kier molecular flexibility index (Phi) is 8.41. The van der Waals surface area contributed by atoms with Gasteiger partial charge in [-0.15, -0.1) is 0 Å². The summed E-state index contributed by atoms with van der Waals surface area (Å²) < 4.78 is 20.8. The summed E-state index contributed by atoms with van der Waals surface area (Å²) in [5.41, 5.74) is 6.41. The highest BCUT2D eigenvalue weighted by atomic mass is 35.5. The number of aliphatic hydroxyl groups excluding tert-OH is 1. The molecule has 0 amide bonds. The summed E-state index contributed by atoms with van der Waals surface area (Å²) in [4.78, 5) is 0. The normalized spacial score (nSPS) is 12.2. The number of benzene rings is 1. The van der Waals surface area contributed by atoms with E-state index in [1.165, 1.54) is 7.11 Å². The van der Waals surface area contributed by atoms with Crippen LogP contribution >= 0.6 is 11.6 Å². The van der Waals surface area contributed by atoms with Crippen LogP contribution in [0.1, 0.15) is 5.56 Å². The molecule has 1 atom stereocenters. The van der Waals surface area contributed by atoms with E-state index in [9.17, 15) is 5.11 Å². The molecule has 1 rings (SSSR count). The second-order valence-electron chi connectivity index (χ2n) is 4.35. The number of hydrogen-bond acceptors (Lipinski definition) is 6. The Bertz CT molecular complexity index is 430. The molecule has 0 heterocycles. The first-order valence-corrected chi connectivity index (χ1v) is 6.94. The number of methoxy groups -OCH3 is 2. The van der Waals surface area contributed by atoms with Gasteiger partial charge in [-0.2, -0.15) is 0 Å². The molecule has 3 N–H and O–H groups in total. The van der Waals surface area contributed by atoms with E-state index < -0.39 is 6.10 Å². The number of hydrogen-bond donors (Lipinski definition) is 2. The van der Waals surface area contributed by atoms with Crippen molar-refractivity contribution in [3.05, 3.63) is 22.7 Å². The van der Waals surface area contributed by atoms with Crippen molar-refractivity contribution in [3.63, 3.8) is 0 Å². The molecule has 0 aromatic heterocycles. The fraction of sp³-hybridized carbons (Fsp3) is 0.571. The van der Waals surface area contributed by atoms with E-state index in [1.54, 1.807) is 19.2 Å². The van der Waals surface area contributed by atoms with E-state index in [4.69, 9.17) is 36.3 Å². The largest absolute Gasteiger partial charge is 0.493 e. The van der Waals surface area contributed by atoms with Crippen LogP contribution in [0.3, 0.4) is 0 Å². The highest BCUT2D eigenvalue weighted by Crippen LogP contribution is 2.36. The second kappa shape index (κ2) is 9.81. The van der Waals surface area contributed by atoms with Crippen molar-refractivity contribution < 1.29 is 24.1 Å². The first kappa shape index (κ1) is 18.0. The molecule has 120 valence electrons. The summed E-state index contributed by atoms with van der Waals surface area (Å²) in [5, 5.41) is 10.2. The van der Waals surface area contributed by atoms with Crippen molar-refractivity contribution in [2.24, 2.45) is 5.73 Å². The minimum Gasteiger partial charge on any atom is -0.493 e. The zero-order chi connectivity index (χ0) is 15.7. The summed E-state index contributed by atoms with van der Waals surface area (Å²) in [6.07, 6.45) is -0.767. The lowest BCUT2D eigenvalue weighted by atomic mass is 10.2. The first-order valence-electron chi connectivity index (χ1n) is 6.56. The van der Waals surface area contributed by atoms with E-state index in [0.29, 0.717) is 36.3 Å². The molecule has 0 spiro atoms. The van der Waals surface area contributed by atoms with Gasteiger partial charge in [0.1, 0.15) is 12.7 Å². The lowest BCUT2D eigenvalue weighted by Crippen LogP contribution is -2.24. The van der Waals surface area contributed by atoms with Crippen LogP contribution in [0.4, 0.5) is 0 Å². The average molecular weight is 320 g/mol. The quantitative estimate of drug-likeness (QED) is 0.631. The van der Waals surface area contributed by atoms with Crippen molar-refractivity contribution in [2.75, 3.05) is 40.6 Å². The molecule has 6 nitrogen and oxygen atoms in total. The van der Waals surface area contributed by atoms with Gasteiger partial charge in [0.2, 0.25) is 0 Å². The summed E-state index contributed by atoms with van der Waals surface area (Å²) in [7, 11) is 3.10. The van der Waals surface area contributed by atoms with Gasteiger partial charge in [-0.3, -0.25) is 0 Å². The maximum absolute atomic E-state index is 9.77. The highest BCUT2D eigenvalue weighted by molar-refractivity contribution is 6.32. The van der Waals surface area contributed by atoms with Gasteiger partial charge in [-0.25, -0.2) is 0 Å². The Hall–Kier alpha value is -1.05. The van der Waals surface area contributed by atoms with Crippen molar-refractivity contribution in [2.45, 2.75) is 12.6 Å². The molecule has 21 heavy (non-hydrogen) atoms. The van der Waals surface area contributed by atoms with Crippen molar-refractivity contribution in [1.82, 2.24) is 0 Å². The number of halogens is 1. The molecule has 0 fully saturated rings. The topological polar surface area (TPSA) is 83.2 Å². The van der Waals surface area contributed by atoms with Gasteiger partial charge in [0.05, 0.1) is 32.0 Å². The van der Waals surface area contributed by atoms with Crippen LogP contribution in [-0.2, 0) is 16.0 Å². The molecule has 1 aromatic rings. The Morgan fingerprint density at radius 1 is 1.24 bits per heavy atom. The molecule has 0 aliphatic heterocycles. The summed E-state index contributed by atoms with van der Waals surface area (Å²) in [6.45, 7) is 1.46. The van der Waals surface area contributed by atoms with E-state index in [-0.39, 0.29) is 13.2 Å². The Labute approximate surface area is 129 Å². The Morgan fingerprint density at radius 2 is 2.00 bits per heavy atom. The molecule has 0 radical (unpaired) electrons. The Balaban J connectivity index is 2.54. The van der Waals surface area contributed by atoms with Crippen molar-refractivity contribution in [1.29, 1.82) is 0 Å². The van der Waals surface area contributed by atoms with E-state index in [2.05, 4.69) is 0 Å². The van der Waals surface area contributed by atoms with Crippen molar-refractivity contribution in [3.8, 4) is 11.5 Å². The van der Waals surface area contributed by atoms with E-state index in [1.807, 2.05) is 0 Å². The molecular weight excluding hydrogens is 298 g/mol. The van der Waals surface area contributed by atoms with Gasteiger partial charge in [-0.05, 0) is 17.7 Å². The van der Waals surface area contributed by atoms with Gasteiger partial charge in [0.25, 0.3) is 0 Å². The number of rotatable bonds is 10. The van der Waals surface area contributed by atoms with Gasteiger partial charge < -0.3 is 29.8 Å². The van der Waals surface area contributed by atoms with Crippen LogP contribution in [0.25, 0.3) is 0 Å². The third-order valence-corrected chi connectivity index (χ3v) is 2.97. The molecule has 0 aliphatic rings. The minimum atomic E-state index is -0.767. The maximum atomic E-state index is 9.77. The third kappa shape index (κ3) is 6.07. The molecule has 7 heteroatoms. The van der Waals surface area contributed by atoms with Gasteiger partial charge in [-0.1, -0.05) is 11.6 Å². The van der Waals surface area contributed by atoms with Crippen LogP contribution in [-0.4, -0.2) is 51.9 Å². The SMILES string of the molecule is COCCOCC(O)COc1c(Cl)cc(CN)cc1OC. The molecule has 0 saturated heterocycles. The van der Waals surface area contributed by atoms with Crippen LogP contribution in [0.5, 0.6) is 11.5 Å². The average Bonchev–Trinajstić information content (AvgIpc) is 2.49. The molecule has 1 unspecified atom stereocenters. The summed E-state index contributed by atoms with van der Waals surface area (Å²) in [6, 6.07) is 3.46. The molecule has 0 aliphatic carbocycles. The zero-order valence-electron chi connectivity index (χ0n) is 12.3. The van der Waals surface area contributed by atoms with Crippen LogP contribution in [0.2, 0.25) is 5.02 Å². The highest BCUT2D eigenvalue weighted by Gasteiger charge is 2.14. The monoisotopic (exact) mass is 319 g/mol. The zero-order valence-corrected chi connectivity index (χ0v) is 13.1. The van der Waals surface area contributed by atoms with E-state index >= 15 is 0 Å². The third-order valence-electron chi connectivity index (χ3n) is 2.69. The van der Waals surface area contributed by atoms with Gasteiger partial charge >= 0.3 is 0 Å². The lowest BCUT2D eigenvalue weighted by molar-refractivity contribution is -0.00448. The molecular formula is C14H22ClNO5. The Morgan fingerprint density at radius 3 is 2.62 bits per heavy atom. The van der Waals surface area contributed by atoms with Crippen molar-refractivity contribution >= 4 is 11.6 Å². The van der Waals surface area contributed by atoms with E-state index in [0.717, 1.165) is 5.56 Å². The van der Waals surface area contributed by atoms with Gasteiger partial charge in [0.15, 0.2) is 11.5 Å². The predicted molar refractivity (Wildman–Crippen MR) is 80.1 cm³/mol. The molecule has 0 saturated carbocycles. The standard InChI is InChI=1S/C14H22ClNO5/c1-18-3-4-20-8-11(17)9-21-14-12(15)5-10(7-16)6-13(14)19-2/h5-6,11,17H,3-4,7-9,16H2,1-2H3. The second-order valence-corrected chi connectivity index (χ2v) is 4.75. The smallest absolute Gasteiger partial charge is 0.179 e. The minimum absolute atomic E-state index is 0.0467.